The van der Waals surface area contributed by atoms with E-state index in [1.54, 1.807) is 24.3 Å². The van der Waals surface area contributed by atoms with Gasteiger partial charge in [0.2, 0.25) is 5.91 Å². The van der Waals surface area contributed by atoms with Crippen LogP contribution < -0.4 is 10.1 Å². The Balaban J connectivity index is 1.98. The zero-order valence-electron chi connectivity index (χ0n) is 14.1. The van der Waals surface area contributed by atoms with E-state index in [0.717, 1.165) is 29.5 Å². The Labute approximate surface area is 156 Å². The minimum absolute atomic E-state index is 0.00969. The second-order valence-corrected chi connectivity index (χ2v) is 6.37. The van der Waals surface area contributed by atoms with Crippen molar-refractivity contribution >= 4 is 23.4 Å². The summed E-state index contributed by atoms with van der Waals surface area (Å²) in [6.45, 7) is 0.228. The van der Waals surface area contributed by atoms with E-state index in [4.69, 9.17) is 4.74 Å². The van der Waals surface area contributed by atoms with Gasteiger partial charge in [0.25, 0.3) is 5.69 Å². The van der Waals surface area contributed by atoms with Gasteiger partial charge in [-0.05, 0) is 29.8 Å². The number of amides is 1. The van der Waals surface area contributed by atoms with Gasteiger partial charge in [0.05, 0.1) is 28.2 Å². The van der Waals surface area contributed by atoms with Gasteiger partial charge in [0.1, 0.15) is 5.75 Å². The summed E-state index contributed by atoms with van der Waals surface area (Å²) >= 11 is 0.800. The lowest BCUT2D eigenvalue weighted by Gasteiger charge is -2.09. The Kier molecular flexibility index (Phi) is 6.67. The predicted octanol–water partition coefficient (Wildman–Crippen LogP) is 4.03. The van der Waals surface area contributed by atoms with Crippen molar-refractivity contribution in [2.45, 2.75) is 17.6 Å². The van der Waals surface area contributed by atoms with Crippen molar-refractivity contribution in [1.29, 1.82) is 0 Å². The lowest BCUT2D eigenvalue weighted by Crippen LogP contribution is -2.24. The summed E-state index contributed by atoms with van der Waals surface area (Å²) in [5.41, 5.74) is -0.996. The van der Waals surface area contributed by atoms with Crippen molar-refractivity contribution in [1.82, 2.24) is 5.32 Å². The zero-order valence-corrected chi connectivity index (χ0v) is 14.9. The Morgan fingerprint density at radius 2 is 2.00 bits per heavy atom. The number of nitrogens with zero attached hydrogens (tertiary/aromatic N) is 1. The highest BCUT2D eigenvalue weighted by atomic mass is 32.2. The molecule has 0 spiro atoms. The Morgan fingerprint density at radius 1 is 1.26 bits per heavy atom. The molecule has 0 radical (unpaired) electrons. The lowest BCUT2D eigenvalue weighted by molar-refractivity contribution is -0.388. The highest BCUT2D eigenvalue weighted by Gasteiger charge is 2.33. The molecule has 0 aliphatic rings. The molecule has 0 atom stereocenters. The molecule has 1 amide bonds. The topological polar surface area (TPSA) is 81.5 Å². The maximum Gasteiger partial charge on any atom is 0.416 e. The van der Waals surface area contributed by atoms with Crippen LogP contribution >= 0.6 is 11.8 Å². The van der Waals surface area contributed by atoms with E-state index < -0.39 is 28.3 Å². The molecule has 0 unspecified atom stereocenters. The first kappa shape index (κ1) is 20.6. The molecule has 0 aliphatic heterocycles. The maximum atomic E-state index is 12.7. The third-order valence-corrected chi connectivity index (χ3v) is 4.53. The number of nitro groups is 1. The molecule has 0 saturated carbocycles. The number of hydrogen-bond donors (Lipinski definition) is 1. The van der Waals surface area contributed by atoms with E-state index in [2.05, 4.69) is 5.32 Å². The summed E-state index contributed by atoms with van der Waals surface area (Å²) in [5.74, 6) is 0.0596. The number of rotatable bonds is 7. The number of halogens is 3. The Morgan fingerprint density at radius 3 is 2.63 bits per heavy atom. The zero-order chi connectivity index (χ0) is 20.0. The Hall–Kier alpha value is -2.75. The molecule has 27 heavy (non-hydrogen) atoms. The molecule has 2 rings (SSSR count). The van der Waals surface area contributed by atoms with Gasteiger partial charge in [0, 0.05) is 12.6 Å². The van der Waals surface area contributed by atoms with Gasteiger partial charge >= 0.3 is 6.18 Å². The van der Waals surface area contributed by atoms with Gasteiger partial charge in [0.15, 0.2) is 0 Å². The van der Waals surface area contributed by atoms with Gasteiger partial charge in [-0.15, -0.1) is 11.8 Å². The summed E-state index contributed by atoms with van der Waals surface area (Å²) in [5, 5.41) is 13.7. The quantitative estimate of drug-likeness (QED) is 0.431. The van der Waals surface area contributed by atoms with Crippen LogP contribution in [-0.4, -0.2) is 23.7 Å². The normalized spacial score (nSPS) is 11.1. The van der Waals surface area contributed by atoms with E-state index >= 15 is 0 Å². The van der Waals surface area contributed by atoms with Crippen molar-refractivity contribution in [3.8, 4) is 5.75 Å². The SMILES string of the molecule is COc1cccc(CNC(=O)CSc2ccc(C(F)(F)F)cc2[N+](=O)[O-])c1. The number of nitro benzene ring substituents is 1. The standard InChI is InChI=1S/C17H15F3N2O4S/c1-26-13-4-2-3-11(7-13)9-21-16(23)10-27-15-6-5-12(17(18,19)20)8-14(15)22(24)25/h2-8H,9-10H2,1H3,(H,21,23). The molecule has 10 heteroatoms. The molecule has 0 saturated heterocycles. The van der Waals surface area contributed by atoms with Crippen molar-refractivity contribution in [2.24, 2.45) is 0 Å². The van der Waals surface area contributed by atoms with Gasteiger partial charge in [-0.3, -0.25) is 14.9 Å². The van der Waals surface area contributed by atoms with Crippen LogP contribution in [0.15, 0.2) is 47.4 Å². The van der Waals surface area contributed by atoms with Gasteiger partial charge in [-0.25, -0.2) is 0 Å². The van der Waals surface area contributed by atoms with Gasteiger partial charge in [-0.2, -0.15) is 13.2 Å². The third-order valence-electron chi connectivity index (χ3n) is 3.47. The highest BCUT2D eigenvalue weighted by Crippen LogP contribution is 2.36. The van der Waals surface area contributed by atoms with Crippen molar-refractivity contribution in [2.75, 3.05) is 12.9 Å². The van der Waals surface area contributed by atoms with Crippen molar-refractivity contribution < 1.29 is 27.6 Å². The minimum Gasteiger partial charge on any atom is -0.497 e. The lowest BCUT2D eigenvalue weighted by atomic mass is 10.2. The van der Waals surface area contributed by atoms with Crippen LogP contribution in [0.4, 0.5) is 18.9 Å². The fourth-order valence-electron chi connectivity index (χ4n) is 2.14. The fraction of sp³-hybridized carbons (Fsp3) is 0.235. The molecule has 1 N–H and O–H groups in total. The largest absolute Gasteiger partial charge is 0.497 e. The molecule has 6 nitrogen and oxygen atoms in total. The third kappa shape index (κ3) is 5.88. The molecule has 0 bridgehead atoms. The fourth-order valence-corrected chi connectivity index (χ4v) is 2.97. The van der Waals surface area contributed by atoms with Crippen LogP contribution in [-0.2, 0) is 17.5 Å². The van der Waals surface area contributed by atoms with Crippen LogP contribution in [0.3, 0.4) is 0 Å². The van der Waals surface area contributed by atoms with Crippen molar-refractivity contribution in [3.05, 3.63) is 63.7 Å². The average molecular weight is 400 g/mol. The molecule has 0 aromatic heterocycles. The second kappa shape index (κ2) is 8.76. The minimum atomic E-state index is -4.68. The molecule has 2 aromatic carbocycles. The van der Waals surface area contributed by atoms with Crippen LogP contribution in [0, 0.1) is 10.1 Å². The molecule has 0 heterocycles. The van der Waals surface area contributed by atoms with Gasteiger partial charge < -0.3 is 10.1 Å². The summed E-state index contributed by atoms with van der Waals surface area (Å²) < 4.78 is 43.1. The van der Waals surface area contributed by atoms with Gasteiger partial charge in [-0.1, -0.05) is 12.1 Å². The first-order valence-electron chi connectivity index (χ1n) is 7.59. The monoisotopic (exact) mass is 400 g/mol. The molecule has 0 aliphatic carbocycles. The van der Waals surface area contributed by atoms with Crippen LogP contribution in [0.1, 0.15) is 11.1 Å². The summed E-state index contributed by atoms with van der Waals surface area (Å²) in [7, 11) is 1.52. The number of benzene rings is 2. The van der Waals surface area contributed by atoms with E-state index in [0.29, 0.717) is 11.8 Å². The molecule has 144 valence electrons. The summed E-state index contributed by atoms with van der Waals surface area (Å²) in [4.78, 5) is 22.1. The predicted molar refractivity (Wildman–Crippen MR) is 93.7 cm³/mol. The number of methoxy groups -OCH3 is 1. The average Bonchev–Trinajstić information content (AvgIpc) is 2.63. The molecule has 2 aromatic rings. The molecule has 0 fully saturated rings. The number of alkyl halides is 3. The number of hydrogen-bond acceptors (Lipinski definition) is 5. The van der Waals surface area contributed by atoms with E-state index in [-0.39, 0.29) is 17.2 Å². The summed E-state index contributed by atoms with van der Waals surface area (Å²) in [6, 6.07) is 9.28. The maximum absolute atomic E-state index is 12.7. The van der Waals surface area contributed by atoms with Crippen molar-refractivity contribution in [3.63, 3.8) is 0 Å². The smallest absolute Gasteiger partial charge is 0.416 e. The number of carbonyl (C=O) groups excluding carboxylic acids is 1. The first-order chi connectivity index (χ1) is 12.7. The van der Waals surface area contributed by atoms with Crippen LogP contribution in [0.5, 0.6) is 5.75 Å². The number of carbonyl (C=O) groups is 1. The van der Waals surface area contributed by atoms with E-state index in [1.165, 1.54) is 7.11 Å². The van der Waals surface area contributed by atoms with E-state index in [9.17, 15) is 28.1 Å². The van der Waals surface area contributed by atoms with Crippen LogP contribution in [0.2, 0.25) is 0 Å². The second-order valence-electron chi connectivity index (χ2n) is 5.35. The first-order valence-corrected chi connectivity index (χ1v) is 8.57. The van der Waals surface area contributed by atoms with E-state index in [1.807, 2.05) is 0 Å². The number of thioether (sulfide) groups is 1. The summed E-state index contributed by atoms with van der Waals surface area (Å²) in [6.07, 6.45) is -4.68. The number of ether oxygens (including phenoxy) is 1. The molecular formula is C17H15F3N2O4S. The number of nitrogens with one attached hydrogen (secondary N) is 1. The Bertz CT molecular complexity index is 843. The highest BCUT2D eigenvalue weighted by molar-refractivity contribution is 8.00. The molecular weight excluding hydrogens is 385 g/mol. The van der Waals surface area contributed by atoms with Crippen LogP contribution in [0.25, 0.3) is 0 Å².